The van der Waals surface area contributed by atoms with Crippen molar-refractivity contribution in [3.63, 3.8) is 0 Å². The van der Waals surface area contributed by atoms with Crippen molar-refractivity contribution in [2.75, 3.05) is 18.0 Å². The minimum absolute atomic E-state index is 0.0252. The molecule has 0 bridgehead atoms. The Morgan fingerprint density at radius 3 is 2.34 bits per heavy atom. The molecule has 0 spiro atoms. The maximum Gasteiger partial charge on any atom is 0.231 e. The largest absolute Gasteiger partial charge is 0.372 e. The number of rotatable bonds is 7. The number of carbonyl (C=O) groups is 1. The number of thiophene rings is 1. The second-order valence-corrected chi connectivity index (χ2v) is 8.40. The van der Waals surface area contributed by atoms with E-state index in [1.807, 2.05) is 48.5 Å². The molecule has 0 aliphatic carbocycles. The fourth-order valence-corrected chi connectivity index (χ4v) is 5.02. The van der Waals surface area contributed by atoms with Crippen LogP contribution in [0, 0.1) is 0 Å². The van der Waals surface area contributed by atoms with Crippen molar-refractivity contribution in [1.29, 1.82) is 0 Å². The molecular weight excluding hydrogens is 400 g/mol. The number of hydrogen-bond acceptors (Lipinski definition) is 7. The normalized spacial score (nSPS) is 11.4. The van der Waals surface area contributed by atoms with Crippen LogP contribution in [0.1, 0.15) is 29.1 Å². The summed E-state index contributed by atoms with van der Waals surface area (Å²) in [6.07, 6.45) is 0. The van der Waals surface area contributed by atoms with Crippen LogP contribution in [0.15, 0.2) is 70.9 Å². The van der Waals surface area contributed by atoms with Gasteiger partial charge in [0.1, 0.15) is 4.83 Å². The van der Waals surface area contributed by atoms with Crippen molar-refractivity contribution in [2.45, 2.75) is 13.8 Å². The first kappa shape index (κ1) is 19.4. The summed E-state index contributed by atoms with van der Waals surface area (Å²) in [6, 6.07) is 19.2. The van der Waals surface area contributed by atoms with E-state index < -0.39 is 0 Å². The molecule has 29 heavy (non-hydrogen) atoms. The number of fused-ring (bicyclic) bond motifs is 1. The van der Waals surface area contributed by atoms with E-state index in [0.29, 0.717) is 15.6 Å². The summed E-state index contributed by atoms with van der Waals surface area (Å²) in [4.78, 5) is 20.9. The minimum atomic E-state index is 0.0252. The smallest absolute Gasteiger partial charge is 0.231 e. The predicted octanol–water partition coefficient (Wildman–Crippen LogP) is 6.85. The van der Waals surface area contributed by atoms with Gasteiger partial charge >= 0.3 is 0 Å². The van der Waals surface area contributed by atoms with Gasteiger partial charge in [-0.3, -0.25) is 4.79 Å². The second kappa shape index (κ2) is 8.63. The lowest BCUT2D eigenvalue weighted by atomic mass is 10.1. The average Bonchev–Trinajstić information content (AvgIpc) is 3.33. The van der Waals surface area contributed by atoms with Gasteiger partial charge in [0.05, 0.1) is 15.3 Å². The molecular formula is C22H20N4OS2. The second-order valence-electron chi connectivity index (χ2n) is 6.36. The third kappa shape index (κ3) is 4.26. The van der Waals surface area contributed by atoms with Crippen LogP contribution in [0.5, 0.6) is 0 Å². The van der Waals surface area contributed by atoms with E-state index in [2.05, 4.69) is 46.1 Å². The summed E-state index contributed by atoms with van der Waals surface area (Å²) < 4.78 is 0.958. The lowest BCUT2D eigenvalue weighted by Gasteiger charge is -2.20. The Kier molecular flexibility index (Phi) is 5.78. The summed E-state index contributed by atoms with van der Waals surface area (Å²) in [5.41, 5.74) is 2.66. The van der Waals surface area contributed by atoms with Crippen LogP contribution in [0.3, 0.4) is 0 Å². The maximum absolute atomic E-state index is 12.6. The molecule has 2 heterocycles. The van der Waals surface area contributed by atoms with Crippen LogP contribution in [-0.4, -0.2) is 23.9 Å². The molecule has 0 saturated carbocycles. The molecule has 0 unspecified atom stereocenters. The zero-order chi connectivity index (χ0) is 20.2. The van der Waals surface area contributed by atoms with Crippen molar-refractivity contribution in [2.24, 2.45) is 10.2 Å². The van der Waals surface area contributed by atoms with E-state index in [0.717, 1.165) is 28.3 Å². The first-order valence-corrected chi connectivity index (χ1v) is 11.1. The highest BCUT2D eigenvalue weighted by Crippen LogP contribution is 2.35. The standard InChI is InChI=1S/C22H20N4OS2/c1-3-26(4-2)17-12-10-16(11-13-17)24-25-22-23-21-19(29-22)14-18(28-21)20(27)15-8-6-5-7-9-15/h5-14H,3-4H2,1-2H3. The van der Waals surface area contributed by atoms with Gasteiger partial charge in [0.2, 0.25) is 10.9 Å². The van der Waals surface area contributed by atoms with Crippen LogP contribution < -0.4 is 4.90 Å². The Balaban J connectivity index is 1.49. The number of thiazole rings is 1. The Morgan fingerprint density at radius 1 is 0.966 bits per heavy atom. The van der Waals surface area contributed by atoms with Gasteiger partial charge in [-0.2, -0.15) is 0 Å². The summed E-state index contributed by atoms with van der Waals surface area (Å²) in [7, 11) is 0. The fourth-order valence-electron chi connectivity index (χ4n) is 3.03. The molecule has 4 rings (SSSR count). The lowest BCUT2D eigenvalue weighted by Crippen LogP contribution is -2.21. The van der Waals surface area contributed by atoms with Crippen LogP contribution in [0.4, 0.5) is 16.5 Å². The van der Waals surface area contributed by atoms with Crippen molar-refractivity contribution in [3.05, 3.63) is 71.1 Å². The van der Waals surface area contributed by atoms with Gasteiger partial charge in [-0.15, -0.1) is 21.6 Å². The lowest BCUT2D eigenvalue weighted by molar-refractivity contribution is 0.104. The number of hydrogen-bond donors (Lipinski definition) is 0. The number of azo groups is 1. The number of aromatic nitrogens is 1. The van der Waals surface area contributed by atoms with Gasteiger partial charge in [-0.05, 0) is 44.2 Å². The first-order chi connectivity index (χ1) is 14.2. The van der Waals surface area contributed by atoms with E-state index in [-0.39, 0.29) is 5.78 Å². The maximum atomic E-state index is 12.6. The zero-order valence-electron chi connectivity index (χ0n) is 16.2. The first-order valence-electron chi connectivity index (χ1n) is 9.44. The molecule has 0 amide bonds. The molecule has 0 aliphatic rings. The van der Waals surface area contributed by atoms with Crippen molar-refractivity contribution in [3.8, 4) is 0 Å². The highest BCUT2D eigenvalue weighted by molar-refractivity contribution is 7.29. The van der Waals surface area contributed by atoms with E-state index in [1.54, 1.807) is 0 Å². The van der Waals surface area contributed by atoms with Crippen LogP contribution in [0.25, 0.3) is 9.53 Å². The van der Waals surface area contributed by atoms with Crippen molar-refractivity contribution < 1.29 is 4.79 Å². The summed E-state index contributed by atoms with van der Waals surface area (Å²) in [5, 5.41) is 9.17. The predicted molar refractivity (Wildman–Crippen MR) is 122 cm³/mol. The molecule has 0 saturated heterocycles. The topological polar surface area (TPSA) is 57.9 Å². The highest BCUT2D eigenvalue weighted by atomic mass is 32.1. The molecule has 0 N–H and O–H groups in total. The number of benzene rings is 2. The monoisotopic (exact) mass is 420 g/mol. The Morgan fingerprint density at radius 2 is 1.69 bits per heavy atom. The van der Waals surface area contributed by atoms with E-state index in [1.165, 1.54) is 28.4 Å². The van der Waals surface area contributed by atoms with Crippen molar-refractivity contribution in [1.82, 2.24) is 4.98 Å². The highest BCUT2D eigenvalue weighted by Gasteiger charge is 2.15. The van der Waals surface area contributed by atoms with Crippen molar-refractivity contribution >= 4 is 54.5 Å². The Bertz CT molecular complexity index is 1110. The van der Waals surface area contributed by atoms with Gasteiger partial charge in [0, 0.05) is 24.3 Å². The van der Waals surface area contributed by atoms with Gasteiger partial charge in [-0.25, -0.2) is 4.98 Å². The van der Waals surface area contributed by atoms with Crippen LogP contribution >= 0.6 is 22.7 Å². The average molecular weight is 421 g/mol. The molecule has 4 aromatic rings. The molecule has 7 heteroatoms. The molecule has 2 aromatic carbocycles. The molecule has 146 valence electrons. The molecule has 2 aromatic heterocycles. The number of ketones is 1. The van der Waals surface area contributed by atoms with Gasteiger partial charge < -0.3 is 4.90 Å². The van der Waals surface area contributed by atoms with Gasteiger partial charge in [0.25, 0.3) is 0 Å². The van der Waals surface area contributed by atoms with Crippen LogP contribution in [0.2, 0.25) is 0 Å². The zero-order valence-corrected chi connectivity index (χ0v) is 17.8. The third-order valence-corrected chi connectivity index (χ3v) is 6.61. The number of carbonyl (C=O) groups excluding carboxylic acids is 1. The molecule has 0 atom stereocenters. The van der Waals surface area contributed by atoms with E-state index in [4.69, 9.17) is 0 Å². The Labute approximate surface area is 177 Å². The van der Waals surface area contributed by atoms with Crippen LogP contribution in [-0.2, 0) is 0 Å². The number of anilines is 1. The minimum Gasteiger partial charge on any atom is -0.372 e. The van der Waals surface area contributed by atoms with Gasteiger partial charge in [0.15, 0.2) is 0 Å². The Hall–Kier alpha value is -2.90. The van der Waals surface area contributed by atoms with E-state index >= 15 is 0 Å². The number of nitrogens with zero attached hydrogens (tertiary/aromatic N) is 4. The fraction of sp³-hybridized carbons (Fsp3) is 0.182. The summed E-state index contributed by atoms with van der Waals surface area (Å²) >= 11 is 2.84. The quantitative estimate of drug-likeness (QED) is 0.243. The molecule has 0 radical (unpaired) electrons. The summed E-state index contributed by atoms with van der Waals surface area (Å²) in [6.45, 7) is 6.23. The molecule has 0 aliphatic heterocycles. The third-order valence-electron chi connectivity index (χ3n) is 4.57. The molecule has 5 nitrogen and oxygen atoms in total. The summed E-state index contributed by atoms with van der Waals surface area (Å²) in [5.74, 6) is 0.0252. The molecule has 0 fully saturated rings. The van der Waals surface area contributed by atoms with Gasteiger partial charge in [-0.1, -0.05) is 41.7 Å². The van der Waals surface area contributed by atoms with E-state index in [9.17, 15) is 4.79 Å². The SMILES string of the molecule is CCN(CC)c1ccc(N=Nc2nc3sc(C(=O)c4ccccc4)cc3s2)cc1.